The SMILES string of the molecule is CCC1OC(n2cnc(C(C)=O)n2)C(C)C1C. The zero-order chi connectivity index (χ0) is 12.6. The predicted molar refractivity (Wildman–Crippen MR) is 62.6 cm³/mol. The van der Waals surface area contributed by atoms with E-state index in [0.29, 0.717) is 11.8 Å². The summed E-state index contributed by atoms with van der Waals surface area (Å²) >= 11 is 0. The standard InChI is InChI=1S/C12H19N3O2/c1-5-10-7(2)8(3)12(17-10)15-6-13-11(14-15)9(4)16/h6-8,10,12H,5H2,1-4H3. The molecule has 5 nitrogen and oxygen atoms in total. The highest BCUT2D eigenvalue weighted by Crippen LogP contribution is 2.39. The van der Waals surface area contributed by atoms with E-state index in [2.05, 4.69) is 30.9 Å². The van der Waals surface area contributed by atoms with Gasteiger partial charge in [-0.05, 0) is 12.3 Å². The van der Waals surface area contributed by atoms with Crippen molar-refractivity contribution in [1.82, 2.24) is 14.8 Å². The number of rotatable bonds is 3. The van der Waals surface area contributed by atoms with Crippen LogP contribution < -0.4 is 0 Å². The first-order valence-corrected chi connectivity index (χ1v) is 6.12. The molecule has 4 unspecified atom stereocenters. The molecule has 0 N–H and O–H groups in total. The Hall–Kier alpha value is -1.23. The van der Waals surface area contributed by atoms with E-state index < -0.39 is 0 Å². The molecular formula is C12H19N3O2. The minimum Gasteiger partial charge on any atom is -0.353 e. The van der Waals surface area contributed by atoms with Gasteiger partial charge in [-0.2, -0.15) is 0 Å². The first-order chi connectivity index (χ1) is 8.04. The lowest BCUT2D eigenvalue weighted by atomic mass is 9.92. The number of hydrogen-bond donors (Lipinski definition) is 0. The summed E-state index contributed by atoms with van der Waals surface area (Å²) in [5.41, 5.74) is 0. The second kappa shape index (κ2) is 4.56. The lowest BCUT2D eigenvalue weighted by molar-refractivity contribution is -0.0215. The van der Waals surface area contributed by atoms with Crippen molar-refractivity contribution in [1.29, 1.82) is 0 Å². The van der Waals surface area contributed by atoms with Gasteiger partial charge in [-0.25, -0.2) is 9.67 Å². The maximum absolute atomic E-state index is 11.2. The number of nitrogens with zero attached hydrogens (tertiary/aromatic N) is 3. The van der Waals surface area contributed by atoms with Gasteiger partial charge >= 0.3 is 0 Å². The van der Waals surface area contributed by atoms with Crippen molar-refractivity contribution in [2.75, 3.05) is 0 Å². The maximum Gasteiger partial charge on any atom is 0.217 e. The third-order valence-electron chi connectivity index (χ3n) is 3.67. The smallest absolute Gasteiger partial charge is 0.217 e. The van der Waals surface area contributed by atoms with E-state index in [1.807, 2.05) is 0 Å². The number of carbonyl (C=O) groups is 1. The first-order valence-electron chi connectivity index (χ1n) is 6.12. The van der Waals surface area contributed by atoms with E-state index in [-0.39, 0.29) is 23.9 Å². The van der Waals surface area contributed by atoms with Gasteiger partial charge in [0.15, 0.2) is 12.0 Å². The van der Waals surface area contributed by atoms with Gasteiger partial charge in [0.2, 0.25) is 5.82 Å². The van der Waals surface area contributed by atoms with Crippen molar-refractivity contribution in [3.05, 3.63) is 12.2 Å². The van der Waals surface area contributed by atoms with Crippen LogP contribution in [0.25, 0.3) is 0 Å². The Bertz CT molecular complexity index is 416. The Balaban J connectivity index is 2.19. The Morgan fingerprint density at radius 1 is 1.47 bits per heavy atom. The molecule has 1 aliphatic heterocycles. The highest BCUT2D eigenvalue weighted by Gasteiger charge is 2.39. The Labute approximate surface area is 101 Å². The molecule has 0 radical (unpaired) electrons. The largest absolute Gasteiger partial charge is 0.353 e. The summed E-state index contributed by atoms with van der Waals surface area (Å²) in [6, 6.07) is 0. The van der Waals surface area contributed by atoms with E-state index >= 15 is 0 Å². The lowest BCUT2D eigenvalue weighted by Crippen LogP contribution is -2.16. The second-order valence-corrected chi connectivity index (χ2v) is 4.80. The lowest BCUT2D eigenvalue weighted by Gasteiger charge is -2.15. The average molecular weight is 237 g/mol. The van der Waals surface area contributed by atoms with Gasteiger partial charge in [-0.15, -0.1) is 5.10 Å². The number of ketones is 1. The van der Waals surface area contributed by atoms with E-state index in [1.165, 1.54) is 6.92 Å². The van der Waals surface area contributed by atoms with Crippen LogP contribution in [0.3, 0.4) is 0 Å². The molecule has 17 heavy (non-hydrogen) atoms. The fourth-order valence-electron chi connectivity index (χ4n) is 2.36. The quantitative estimate of drug-likeness (QED) is 0.755. The van der Waals surface area contributed by atoms with Crippen molar-refractivity contribution in [2.24, 2.45) is 11.8 Å². The van der Waals surface area contributed by atoms with Crippen molar-refractivity contribution in [2.45, 2.75) is 46.4 Å². The number of hydrogen-bond acceptors (Lipinski definition) is 4. The summed E-state index contributed by atoms with van der Waals surface area (Å²) in [5, 5.41) is 4.18. The summed E-state index contributed by atoms with van der Waals surface area (Å²) in [5.74, 6) is 1.01. The molecule has 2 rings (SSSR count). The topological polar surface area (TPSA) is 57.0 Å². The van der Waals surface area contributed by atoms with Gasteiger partial charge in [0.25, 0.3) is 0 Å². The van der Waals surface area contributed by atoms with E-state index in [9.17, 15) is 4.79 Å². The summed E-state index contributed by atoms with van der Waals surface area (Å²) < 4.78 is 7.64. The molecule has 0 aromatic carbocycles. The molecule has 0 saturated carbocycles. The number of Topliss-reactive ketones (excluding diaryl/α,β-unsaturated/α-hetero) is 1. The van der Waals surface area contributed by atoms with Gasteiger partial charge < -0.3 is 4.74 Å². The minimum atomic E-state index is -0.116. The van der Waals surface area contributed by atoms with Gasteiger partial charge in [-0.3, -0.25) is 4.79 Å². The van der Waals surface area contributed by atoms with Crippen molar-refractivity contribution in [3.8, 4) is 0 Å². The van der Waals surface area contributed by atoms with Crippen molar-refractivity contribution in [3.63, 3.8) is 0 Å². The van der Waals surface area contributed by atoms with E-state index in [1.54, 1.807) is 11.0 Å². The molecule has 0 amide bonds. The molecule has 1 fully saturated rings. The molecule has 0 aliphatic carbocycles. The van der Waals surface area contributed by atoms with Crippen molar-refractivity contribution >= 4 is 5.78 Å². The van der Waals surface area contributed by atoms with Gasteiger partial charge in [0, 0.05) is 12.8 Å². The molecule has 0 spiro atoms. The Morgan fingerprint density at radius 3 is 2.65 bits per heavy atom. The van der Waals surface area contributed by atoms with Crippen LogP contribution in [-0.2, 0) is 4.74 Å². The van der Waals surface area contributed by atoms with Crippen LogP contribution in [0.15, 0.2) is 6.33 Å². The van der Waals surface area contributed by atoms with Gasteiger partial charge in [0.05, 0.1) is 6.10 Å². The molecule has 1 aliphatic rings. The highest BCUT2D eigenvalue weighted by molar-refractivity contribution is 5.89. The monoisotopic (exact) mass is 237 g/mol. The van der Waals surface area contributed by atoms with Gasteiger partial charge in [0.1, 0.15) is 6.33 Å². The summed E-state index contributed by atoms with van der Waals surface area (Å²) in [4.78, 5) is 15.2. The maximum atomic E-state index is 11.2. The highest BCUT2D eigenvalue weighted by atomic mass is 16.5. The molecular weight excluding hydrogens is 218 g/mol. The summed E-state index contributed by atoms with van der Waals surface area (Å²) in [7, 11) is 0. The number of aromatic nitrogens is 3. The fourth-order valence-corrected chi connectivity index (χ4v) is 2.36. The normalized spacial score (nSPS) is 32.9. The molecule has 0 bridgehead atoms. The first kappa shape index (κ1) is 12.2. The summed E-state index contributed by atoms with van der Waals surface area (Å²) in [6.07, 6.45) is 2.74. The molecule has 94 valence electrons. The van der Waals surface area contributed by atoms with Crippen LogP contribution in [-0.4, -0.2) is 26.7 Å². The molecule has 2 heterocycles. The molecule has 1 aromatic heterocycles. The van der Waals surface area contributed by atoms with Crippen LogP contribution >= 0.6 is 0 Å². The van der Waals surface area contributed by atoms with Crippen LogP contribution in [0.1, 0.15) is 51.0 Å². The molecule has 1 aromatic rings. The van der Waals surface area contributed by atoms with Crippen molar-refractivity contribution < 1.29 is 9.53 Å². The third-order valence-corrected chi connectivity index (χ3v) is 3.67. The molecule has 4 atom stereocenters. The second-order valence-electron chi connectivity index (χ2n) is 4.80. The third kappa shape index (κ3) is 2.11. The van der Waals surface area contributed by atoms with Gasteiger partial charge in [-0.1, -0.05) is 20.8 Å². The Kier molecular flexibility index (Phi) is 3.28. The van der Waals surface area contributed by atoms with Crippen LogP contribution in [0.4, 0.5) is 0 Å². The molecule has 1 saturated heterocycles. The fraction of sp³-hybridized carbons (Fsp3) is 0.750. The Morgan fingerprint density at radius 2 is 2.18 bits per heavy atom. The zero-order valence-electron chi connectivity index (χ0n) is 10.8. The summed E-state index contributed by atoms with van der Waals surface area (Å²) in [6.45, 7) is 7.94. The number of ether oxygens (including phenoxy) is 1. The van der Waals surface area contributed by atoms with Crippen LogP contribution in [0.2, 0.25) is 0 Å². The van der Waals surface area contributed by atoms with Crippen LogP contribution in [0.5, 0.6) is 0 Å². The molecule has 5 heteroatoms. The predicted octanol–water partition coefficient (Wildman–Crippen LogP) is 2.06. The van der Waals surface area contributed by atoms with E-state index in [0.717, 1.165) is 6.42 Å². The zero-order valence-corrected chi connectivity index (χ0v) is 10.8. The number of carbonyl (C=O) groups excluding carboxylic acids is 1. The minimum absolute atomic E-state index is 0.101. The average Bonchev–Trinajstić information content (AvgIpc) is 2.87. The van der Waals surface area contributed by atoms with E-state index in [4.69, 9.17) is 4.74 Å². The van der Waals surface area contributed by atoms with Crippen LogP contribution in [0, 0.1) is 11.8 Å².